The fourth-order valence-electron chi connectivity index (χ4n) is 3.13. The Morgan fingerprint density at radius 2 is 1.50 bits per heavy atom. The molecule has 8 heteroatoms. The molecule has 22 heavy (non-hydrogen) atoms. The van der Waals surface area contributed by atoms with Gasteiger partial charge >= 0.3 is 12.2 Å². The van der Waals surface area contributed by atoms with Gasteiger partial charge in [-0.05, 0) is 30.5 Å². The lowest BCUT2D eigenvalue weighted by molar-refractivity contribution is -0.391. The molecular formula is C14H14BrF4NO2. The molecule has 1 fully saturated rings. The maximum atomic E-state index is 13.3. The van der Waals surface area contributed by atoms with E-state index in [0.717, 1.165) is 25.7 Å². The van der Waals surface area contributed by atoms with E-state index >= 15 is 0 Å². The van der Waals surface area contributed by atoms with Crippen molar-refractivity contribution in [3.63, 3.8) is 0 Å². The molecule has 0 bridgehead atoms. The monoisotopic (exact) mass is 383 g/mol. The van der Waals surface area contributed by atoms with Crippen molar-refractivity contribution in [2.45, 2.75) is 43.3 Å². The minimum atomic E-state index is -4.71. The van der Waals surface area contributed by atoms with E-state index in [-0.39, 0.29) is 5.41 Å². The highest BCUT2D eigenvalue weighted by Crippen LogP contribution is 2.51. The fourth-order valence-corrected chi connectivity index (χ4v) is 3.87. The van der Waals surface area contributed by atoms with E-state index in [1.165, 1.54) is 12.1 Å². The fraction of sp³-hybridized carbons (Fsp3) is 0.571. The van der Waals surface area contributed by atoms with Crippen molar-refractivity contribution in [3.8, 4) is 11.5 Å². The number of hydrogen-bond acceptors (Lipinski definition) is 3. The number of halogens is 5. The molecule has 0 amide bonds. The van der Waals surface area contributed by atoms with Crippen molar-refractivity contribution >= 4 is 15.9 Å². The van der Waals surface area contributed by atoms with Gasteiger partial charge in [-0.25, -0.2) is 0 Å². The van der Waals surface area contributed by atoms with E-state index in [9.17, 15) is 17.6 Å². The Balaban J connectivity index is 2.07. The van der Waals surface area contributed by atoms with Crippen molar-refractivity contribution in [1.29, 1.82) is 0 Å². The van der Waals surface area contributed by atoms with Crippen LogP contribution < -0.4 is 15.2 Å². The van der Waals surface area contributed by atoms with Crippen molar-refractivity contribution in [3.05, 3.63) is 22.2 Å². The largest absolute Gasteiger partial charge is 0.507 e. The van der Waals surface area contributed by atoms with Crippen molar-refractivity contribution in [1.82, 2.24) is 0 Å². The molecule has 2 aliphatic rings. The molecule has 1 aliphatic heterocycles. The summed E-state index contributed by atoms with van der Waals surface area (Å²) in [5.41, 5.74) is 6.22. The first-order valence-corrected chi connectivity index (χ1v) is 7.68. The number of nitrogens with two attached hydrogens (primary N) is 1. The topological polar surface area (TPSA) is 44.5 Å². The molecule has 0 aromatic heterocycles. The van der Waals surface area contributed by atoms with Gasteiger partial charge in [0.2, 0.25) is 0 Å². The minimum Gasteiger partial charge on any atom is -0.421 e. The van der Waals surface area contributed by atoms with Crippen LogP contribution in [0, 0.1) is 0 Å². The Bertz CT molecular complexity index is 603. The smallest absolute Gasteiger partial charge is 0.421 e. The van der Waals surface area contributed by atoms with Gasteiger partial charge in [0.15, 0.2) is 11.5 Å². The number of benzene rings is 1. The van der Waals surface area contributed by atoms with E-state index in [0.29, 0.717) is 16.6 Å². The summed E-state index contributed by atoms with van der Waals surface area (Å²) < 4.78 is 61.9. The first-order chi connectivity index (χ1) is 10.2. The second kappa shape index (κ2) is 4.99. The number of ether oxygens (including phenoxy) is 2. The molecule has 122 valence electrons. The average molecular weight is 384 g/mol. The summed E-state index contributed by atoms with van der Waals surface area (Å²) in [4.78, 5) is 0. The normalized spacial score (nSPS) is 24.3. The second-order valence-electron chi connectivity index (χ2n) is 5.71. The van der Waals surface area contributed by atoms with Crippen LogP contribution >= 0.6 is 15.9 Å². The zero-order valence-corrected chi connectivity index (χ0v) is 13.1. The summed E-state index contributed by atoms with van der Waals surface area (Å²) in [6.45, 7) is 0.345. The summed E-state index contributed by atoms with van der Waals surface area (Å²) in [7, 11) is 0. The maximum Gasteiger partial charge on any atom is 0.507 e. The van der Waals surface area contributed by atoms with E-state index in [1.807, 2.05) is 0 Å². The van der Waals surface area contributed by atoms with E-state index in [4.69, 9.17) is 5.73 Å². The number of fused-ring (bicyclic) bond motifs is 1. The van der Waals surface area contributed by atoms with Crippen LogP contribution in [-0.2, 0) is 5.41 Å². The molecule has 1 aromatic carbocycles. The van der Waals surface area contributed by atoms with Gasteiger partial charge in [0.25, 0.3) is 0 Å². The summed E-state index contributed by atoms with van der Waals surface area (Å²) in [6, 6.07) is 2.57. The van der Waals surface area contributed by atoms with Crippen LogP contribution in [0.3, 0.4) is 0 Å². The highest BCUT2D eigenvalue weighted by atomic mass is 79.9. The van der Waals surface area contributed by atoms with Crippen LogP contribution in [0.4, 0.5) is 17.6 Å². The minimum absolute atomic E-state index is 0.345. The van der Waals surface area contributed by atoms with Crippen LogP contribution in [0.2, 0.25) is 0 Å². The molecule has 1 heterocycles. The number of hydrogen-bond donors (Lipinski definition) is 1. The summed E-state index contributed by atoms with van der Waals surface area (Å²) in [6.07, 6.45) is -5.84. The third kappa shape index (κ3) is 2.27. The van der Waals surface area contributed by atoms with Crippen molar-refractivity contribution in [2.24, 2.45) is 5.73 Å². The van der Waals surface area contributed by atoms with Crippen LogP contribution in [0.5, 0.6) is 11.5 Å². The van der Waals surface area contributed by atoms with Crippen molar-refractivity contribution in [2.75, 3.05) is 6.54 Å². The molecule has 1 saturated carbocycles. The van der Waals surface area contributed by atoms with Crippen LogP contribution in [0.1, 0.15) is 31.2 Å². The molecule has 2 N–H and O–H groups in total. The Labute approximate surface area is 132 Å². The van der Waals surface area contributed by atoms with Crippen LogP contribution in [0.25, 0.3) is 0 Å². The van der Waals surface area contributed by atoms with Crippen LogP contribution in [0.15, 0.2) is 16.6 Å². The highest BCUT2D eigenvalue weighted by Gasteiger charge is 2.66. The quantitative estimate of drug-likeness (QED) is 0.779. The molecule has 1 aromatic rings. The van der Waals surface area contributed by atoms with E-state index < -0.39 is 23.7 Å². The Hall–Kier alpha value is -1.02. The molecular weight excluding hydrogens is 370 g/mol. The first-order valence-electron chi connectivity index (χ1n) is 6.89. The molecule has 0 unspecified atom stereocenters. The first kappa shape index (κ1) is 15.9. The predicted molar refractivity (Wildman–Crippen MR) is 74.5 cm³/mol. The predicted octanol–water partition coefficient (Wildman–Crippen LogP) is 4.18. The van der Waals surface area contributed by atoms with Gasteiger partial charge in [-0.2, -0.15) is 17.6 Å². The third-order valence-corrected chi connectivity index (χ3v) is 5.03. The van der Waals surface area contributed by atoms with Crippen LogP contribution in [-0.4, -0.2) is 18.8 Å². The van der Waals surface area contributed by atoms with E-state index in [2.05, 4.69) is 25.4 Å². The zero-order chi connectivity index (χ0) is 16.2. The SMILES string of the molecule is NCC1(c2cc3c(cc2Br)OC(F)(F)C(F)(F)O3)CCCC1. The number of alkyl halides is 4. The molecule has 0 atom stereocenters. The molecule has 1 aliphatic carbocycles. The molecule has 0 radical (unpaired) electrons. The third-order valence-electron chi connectivity index (χ3n) is 4.37. The van der Waals surface area contributed by atoms with Crippen molar-refractivity contribution < 1.29 is 27.0 Å². The second-order valence-corrected chi connectivity index (χ2v) is 6.56. The van der Waals surface area contributed by atoms with E-state index in [1.54, 1.807) is 0 Å². The average Bonchev–Trinajstić information content (AvgIpc) is 2.89. The van der Waals surface area contributed by atoms with Gasteiger partial charge in [0.05, 0.1) is 0 Å². The molecule has 0 spiro atoms. The molecule has 0 saturated heterocycles. The molecule has 3 rings (SSSR count). The van der Waals surface area contributed by atoms with Gasteiger partial charge in [0, 0.05) is 16.4 Å². The van der Waals surface area contributed by atoms with Gasteiger partial charge in [-0.1, -0.05) is 28.8 Å². The summed E-state index contributed by atoms with van der Waals surface area (Å²) in [5.74, 6) is -0.814. The van der Waals surface area contributed by atoms with Gasteiger partial charge in [-0.15, -0.1) is 0 Å². The zero-order valence-electron chi connectivity index (χ0n) is 11.5. The summed E-state index contributed by atoms with van der Waals surface area (Å²) in [5, 5.41) is 0. The summed E-state index contributed by atoms with van der Waals surface area (Å²) >= 11 is 3.30. The lowest BCUT2D eigenvalue weighted by Crippen LogP contribution is -2.52. The van der Waals surface area contributed by atoms with Gasteiger partial charge in [-0.3, -0.25) is 0 Å². The number of rotatable bonds is 2. The molecule has 3 nitrogen and oxygen atoms in total. The van der Waals surface area contributed by atoms with Gasteiger partial charge in [0.1, 0.15) is 0 Å². The Kier molecular flexibility index (Phi) is 3.60. The maximum absolute atomic E-state index is 13.3. The Morgan fingerprint density at radius 1 is 1.00 bits per heavy atom. The Morgan fingerprint density at radius 3 is 2.00 bits per heavy atom. The van der Waals surface area contributed by atoms with Gasteiger partial charge < -0.3 is 15.2 Å². The lowest BCUT2D eigenvalue weighted by Gasteiger charge is -2.34. The standard InChI is InChI=1S/C14H14BrF4NO2/c15-9-6-11-10(21-13(16,17)14(18,19)22-11)5-8(9)12(7-20)3-1-2-4-12/h5-6H,1-4,7,20H2. The lowest BCUT2D eigenvalue weighted by atomic mass is 9.79. The highest BCUT2D eigenvalue weighted by molar-refractivity contribution is 9.10.